The first-order valence-corrected chi connectivity index (χ1v) is 19.8. The van der Waals surface area contributed by atoms with Crippen molar-refractivity contribution in [3.63, 3.8) is 0 Å². The molecule has 2 saturated heterocycles. The van der Waals surface area contributed by atoms with E-state index >= 15 is 0 Å². The van der Waals surface area contributed by atoms with E-state index in [1.807, 2.05) is 27.7 Å². The summed E-state index contributed by atoms with van der Waals surface area (Å²) in [5, 5.41) is 8.56. The van der Waals surface area contributed by atoms with Crippen molar-refractivity contribution in [1.29, 1.82) is 0 Å². The Kier molecular flexibility index (Phi) is 12.7. The predicted molar refractivity (Wildman–Crippen MR) is 210 cm³/mol. The highest BCUT2D eigenvalue weighted by atomic mass is 16.5. The molecule has 14 nitrogen and oxygen atoms in total. The molecule has 1 aliphatic carbocycles. The Balaban J connectivity index is 1.06. The fourth-order valence-corrected chi connectivity index (χ4v) is 8.22. The average Bonchev–Trinajstić information content (AvgIpc) is 4.00. The lowest BCUT2D eigenvalue weighted by Crippen LogP contribution is -2.56. The maximum absolute atomic E-state index is 13.5. The summed E-state index contributed by atoms with van der Waals surface area (Å²) >= 11 is 0. The van der Waals surface area contributed by atoms with Gasteiger partial charge in [-0.2, -0.15) is 0 Å². The molecule has 0 spiro atoms. The standard InChI is InChI=1S/C42H55N7O7/c1-24(2)35(46-41(53)55-5)39(51)48-19-7-9-33(48)37-43-23-32(45-37)27-13-11-26(12-14-27)28-15-16-30-22-31(18-17-29(30)21-28)44-38(50)34-10-8-20-49(34)40(52)36(25(3)4)47-42(54)56-6/h11-16,21,23-25,31,33-36H,7-10,17-20,22H2,1-6H3,(H,43,45)(H,44,50)(H,46,53)(H,47,54)/t31?,33-,34-,35-,36-/m0/s1. The van der Waals surface area contributed by atoms with Gasteiger partial charge in [-0.3, -0.25) is 14.4 Å². The van der Waals surface area contributed by atoms with Gasteiger partial charge in [-0.1, -0.05) is 70.2 Å². The molecule has 3 aliphatic rings. The Morgan fingerprint density at radius 2 is 1.34 bits per heavy atom. The molecule has 5 amide bonds. The van der Waals surface area contributed by atoms with Crippen molar-refractivity contribution in [3.8, 4) is 22.4 Å². The molecule has 1 unspecified atom stereocenters. The van der Waals surface area contributed by atoms with Crippen molar-refractivity contribution in [2.24, 2.45) is 11.8 Å². The third-order valence-corrected chi connectivity index (χ3v) is 11.4. The summed E-state index contributed by atoms with van der Waals surface area (Å²) in [5.74, 6) is -0.0935. The van der Waals surface area contributed by atoms with Crippen LogP contribution in [0, 0.1) is 11.8 Å². The molecular weight excluding hydrogens is 715 g/mol. The largest absolute Gasteiger partial charge is 0.453 e. The topological polar surface area (TPSA) is 175 Å². The Morgan fingerprint density at radius 1 is 0.750 bits per heavy atom. The van der Waals surface area contributed by atoms with Gasteiger partial charge in [-0.15, -0.1) is 0 Å². The Hall–Kier alpha value is -5.40. The molecule has 300 valence electrons. The minimum atomic E-state index is -0.768. The number of nitrogens with one attached hydrogen (secondary N) is 4. The second-order valence-corrected chi connectivity index (χ2v) is 15.8. The maximum Gasteiger partial charge on any atom is 0.407 e. The lowest BCUT2D eigenvalue weighted by atomic mass is 9.86. The number of likely N-dealkylation sites (tertiary alicyclic amines) is 2. The van der Waals surface area contributed by atoms with Crippen molar-refractivity contribution in [3.05, 3.63) is 65.6 Å². The van der Waals surface area contributed by atoms with Crippen LogP contribution in [0.3, 0.4) is 0 Å². The molecular formula is C42H55N7O7. The minimum absolute atomic E-state index is 0.0336. The number of hydrogen-bond acceptors (Lipinski definition) is 8. The van der Waals surface area contributed by atoms with E-state index in [9.17, 15) is 24.0 Å². The van der Waals surface area contributed by atoms with Crippen molar-refractivity contribution in [1.82, 2.24) is 35.7 Å². The van der Waals surface area contributed by atoms with Gasteiger partial charge in [0.1, 0.15) is 23.9 Å². The van der Waals surface area contributed by atoms with E-state index in [1.54, 1.807) is 16.0 Å². The van der Waals surface area contributed by atoms with E-state index in [1.165, 1.54) is 25.3 Å². The first-order valence-electron chi connectivity index (χ1n) is 19.8. The first-order chi connectivity index (χ1) is 26.9. The number of carbonyl (C=O) groups excluding carboxylic acids is 5. The highest BCUT2D eigenvalue weighted by Gasteiger charge is 2.40. The molecule has 1 aromatic heterocycles. The Labute approximate surface area is 328 Å². The molecule has 0 bridgehead atoms. The third-order valence-electron chi connectivity index (χ3n) is 11.4. The maximum atomic E-state index is 13.5. The van der Waals surface area contributed by atoms with Gasteiger partial charge >= 0.3 is 12.2 Å². The van der Waals surface area contributed by atoms with Gasteiger partial charge in [0.15, 0.2) is 0 Å². The van der Waals surface area contributed by atoms with E-state index < -0.39 is 30.3 Å². The molecule has 56 heavy (non-hydrogen) atoms. The highest BCUT2D eigenvalue weighted by molar-refractivity contribution is 5.92. The number of hydrogen-bond donors (Lipinski definition) is 4. The number of nitrogens with zero attached hydrogens (tertiary/aromatic N) is 3. The van der Waals surface area contributed by atoms with E-state index in [-0.39, 0.29) is 41.6 Å². The van der Waals surface area contributed by atoms with Crippen molar-refractivity contribution < 1.29 is 33.4 Å². The van der Waals surface area contributed by atoms with E-state index in [0.29, 0.717) is 25.9 Å². The van der Waals surface area contributed by atoms with E-state index in [0.717, 1.165) is 60.3 Å². The normalized spacial score (nSPS) is 20.3. The van der Waals surface area contributed by atoms with Crippen LogP contribution in [0.25, 0.3) is 22.4 Å². The number of aromatic nitrogens is 2. The van der Waals surface area contributed by atoms with Crippen LogP contribution in [0.15, 0.2) is 48.7 Å². The molecule has 2 aromatic carbocycles. The quantitative estimate of drug-likeness (QED) is 0.208. The molecule has 5 atom stereocenters. The van der Waals surface area contributed by atoms with Crippen LogP contribution in [0.5, 0.6) is 0 Å². The highest BCUT2D eigenvalue weighted by Crippen LogP contribution is 2.34. The summed E-state index contributed by atoms with van der Waals surface area (Å²) in [6.45, 7) is 8.58. The number of methoxy groups -OCH3 is 2. The van der Waals surface area contributed by atoms with Gasteiger partial charge in [0.25, 0.3) is 0 Å². The van der Waals surface area contributed by atoms with Crippen LogP contribution in [0.2, 0.25) is 0 Å². The zero-order chi connectivity index (χ0) is 40.1. The monoisotopic (exact) mass is 769 g/mol. The summed E-state index contributed by atoms with van der Waals surface area (Å²) < 4.78 is 9.48. The lowest BCUT2D eigenvalue weighted by Gasteiger charge is -2.32. The summed E-state index contributed by atoms with van der Waals surface area (Å²) in [5.41, 5.74) is 6.51. The zero-order valence-corrected chi connectivity index (χ0v) is 33.2. The molecule has 3 aromatic rings. The molecule has 4 N–H and O–H groups in total. The second-order valence-electron chi connectivity index (χ2n) is 15.8. The van der Waals surface area contributed by atoms with E-state index in [2.05, 4.69) is 68.4 Å². The summed E-state index contributed by atoms with van der Waals surface area (Å²) in [6, 6.07) is 12.6. The molecule has 2 aliphatic heterocycles. The number of carbonyl (C=O) groups is 5. The van der Waals surface area contributed by atoms with Gasteiger partial charge in [0, 0.05) is 19.1 Å². The number of rotatable bonds is 11. The third kappa shape index (κ3) is 8.84. The number of amides is 5. The molecule has 14 heteroatoms. The number of aromatic amines is 1. The molecule has 3 heterocycles. The Morgan fingerprint density at radius 3 is 1.98 bits per heavy atom. The summed E-state index contributed by atoms with van der Waals surface area (Å²) in [6.07, 6.45) is 5.79. The fourth-order valence-electron chi connectivity index (χ4n) is 8.22. The van der Waals surface area contributed by atoms with Gasteiger partial charge in [0.05, 0.1) is 32.2 Å². The number of benzene rings is 2. The number of ether oxygens (including phenoxy) is 2. The van der Waals surface area contributed by atoms with Gasteiger partial charge < -0.3 is 40.2 Å². The number of fused-ring (bicyclic) bond motifs is 1. The van der Waals surface area contributed by atoms with Crippen LogP contribution in [0.1, 0.15) is 82.8 Å². The van der Waals surface area contributed by atoms with Crippen LogP contribution in [-0.2, 0) is 36.7 Å². The number of aryl methyl sites for hydroxylation is 1. The smallest absolute Gasteiger partial charge is 0.407 e. The summed E-state index contributed by atoms with van der Waals surface area (Å²) in [4.78, 5) is 75.9. The number of alkyl carbamates (subject to hydrolysis) is 2. The molecule has 2 fully saturated rings. The predicted octanol–water partition coefficient (Wildman–Crippen LogP) is 5.13. The van der Waals surface area contributed by atoms with Crippen LogP contribution in [-0.4, -0.2) is 101 Å². The molecule has 0 saturated carbocycles. The second kappa shape index (κ2) is 17.6. The van der Waals surface area contributed by atoms with Gasteiger partial charge in [-0.05, 0) is 84.6 Å². The van der Waals surface area contributed by atoms with Crippen LogP contribution >= 0.6 is 0 Å². The molecule has 0 radical (unpaired) electrons. The average molecular weight is 770 g/mol. The first kappa shape index (κ1) is 40.3. The van der Waals surface area contributed by atoms with Gasteiger partial charge in [0.2, 0.25) is 17.7 Å². The zero-order valence-electron chi connectivity index (χ0n) is 33.2. The molecule has 6 rings (SSSR count). The number of imidazole rings is 1. The number of H-pyrrole nitrogens is 1. The minimum Gasteiger partial charge on any atom is -0.453 e. The van der Waals surface area contributed by atoms with Crippen molar-refractivity contribution in [2.45, 2.75) is 103 Å². The van der Waals surface area contributed by atoms with E-state index in [4.69, 9.17) is 9.47 Å². The summed E-state index contributed by atoms with van der Waals surface area (Å²) in [7, 11) is 2.55. The van der Waals surface area contributed by atoms with Crippen molar-refractivity contribution >= 4 is 29.9 Å². The van der Waals surface area contributed by atoms with Crippen LogP contribution in [0.4, 0.5) is 9.59 Å². The fraction of sp³-hybridized carbons (Fsp3) is 0.524. The Bertz CT molecular complexity index is 1910. The SMILES string of the molecule is COC(=O)N[C@H](C(=O)N1CCC[C@H]1C(=O)NC1CCc2cc(-c3ccc(-c4cnc([C@@H]5CCCN5C(=O)[C@@H](NC(=O)OC)C(C)C)[nH]4)cc3)ccc2C1)C(C)C. The van der Waals surface area contributed by atoms with Crippen LogP contribution < -0.4 is 16.0 Å². The van der Waals surface area contributed by atoms with Crippen molar-refractivity contribution in [2.75, 3.05) is 27.3 Å². The lowest BCUT2D eigenvalue weighted by molar-refractivity contribution is -0.141. The van der Waals surface area contributed by atoms with Gasteiger partial charge in [-0.25, -0.2) is 14.6 Å².